The summed E-state index contributed by atoms with van der Waals surface area (Å²) in [6.45, 7) is 0.891. The maximum Gasteiger partial charge on any atom is 0.238 e. The Bertz CT molecular complexity index is 176. The van der Waals surface area contributed by atoms with Crippen LogP contribution in [0.2, 0.25) is 0 Å². The number of nitrogens with one attached hydrogen (secondary N) is 2. The Morgan fingerprint density at radius 1 is 1.58 bits per heavy atom. The Morgan fingerprint density at radius 3 is 3.00 bits per heavy atom. The fourth-order valence-corrected chi connectivity index (χ4v) is 2.20. The highest BCUT2D eigenvalue weighted by Gasteiger charge is 2.25. The van der Waals surface area contributed by atoms with Crippen LogP contribution < -0.4 is 10.6 Å². The largest absolute Gasteiger partial charge is 0.354 e. The zero-order chi connectivity index (χ0) is 8.39. The Morgan fingerprint density at radius 2 is 2.42 bits per heavy atom. The van der Waals surface area contributed by atoms with Crippen molar-refractivity contribution in [2.45, 2.75) is 18.9 Å². The summed E-state index contributed by atoms with van der Waals surface area (Å²) in [6, 6.07) is 0.0637. The zero-order valence-corrected chi connectivity index (χ0v) is 7.82. The van der Waals surface area contributed by atoms with E-state index in [1.54, 1.807) is 11.8 Å². The lowest BCUT2D eigenvalue weighted by atomic mass is 10.3. The van der Waals surface area contributed by atoms with Crippen LogP contribution >= 0.6 is 11.8 Å². The van der Waals surface area contributed by atoms with Gasteiger partial charge in [0.25, 0.3) is 0 Å². The molecule has 1 saturated heterocycles. The van der Waals surface area contributed by atoms with Crippen LogP contribution in [0.5, 0.6) is 0 Å². The van der Waals surface area contributed by atoms with Gasteiger partial charge in [0.15, 0.2) is 0 Å². The number of rotatable bonds is 3. The third kappa shape index (κ3) is 2.14. The van der Waals surface area contributed by atoms with E-state index in [4.69, 9.17) is 0 Å². The van der Waals surface area contributed by atoms with Crippen molar-refractivity contribution in [1.82, 2.24) is 10.6 Å². The first-order valence-corrected chi connectivity index (χ1v) is 5.60. The summed E-state index contributed by atoms with van der Waals surface area (Å²) in [5.41, 5.74) is 0. The van der Waals surface area contributed by atoms with Gasteiger partial charge in [0.2, 0.25) is 5.91 Å². The first-order chi connectivity index (χ1) is 5.86. The van der Waals surface area contributed by atoms with Gasteiger partial charge in [-0.3, -0.25) is 10.1 Å². The number of carbonyl (C=O) groups excluding carboxylic acids is 1. The Hall–Kier alpha value is -0.220. The van der Waals surface area contributed by atoms with Crippen LogP contribution in [0, 0.1) is 5.92 Å². The van der Waals surface area contributed by atoms with Gasteiger partial charge in [-0.05, 0) is 18.8 Å². The lowest BCUT2D eigenvalue weighted by Gasteiger charge is -2.09. The molecule has 68 valence electrons. The summed E-state index contributed by atoms with van der Waals surface area (Å²) >= 11 is 1.79. The summed E-state index contributed by atoms with van der Waals surface area (Å²) in [4.78, 5) is 11.4. The van der Waals surface area contributed by atoms with Gasteiger partial charge in [0.1, 0.15) is 0 Å². The molecule has 1 heterocycles. The van der Waals surface area contributed by atoms with Crippen molar-refractivity contribution in [2.24, 2.45) is 5.92 Å². The molecule has 3 nitrogen and oxygen atoms in total. The third-order valence-electron chi connectivity index (χ3n) is 2.29. The van der Waals surface area contributed by atoms with Crippen LogP contribution in [0.15, 0.2) is 0 Å². The van der Waals surface area contributed by atoms with Gasteiger partial charge in [0.05, 0.1) is 6.04 Å². The SMILES string of the molecule is O=C(NCC1CC1)C1CSCN1. The van der Waals surface area contributed by atoms with E-state index in [-0.39, 0.29) is 11.9 Å². The molecule has 0 aromatic heterocycles. The molecule has 0 bridgehead atoms. The number of hydrogen-bond acceptors (Lipinski definition) is 3. The molecule has 0 spiro atoms. The van der Waals surface area contributed by atoms with Gasteiger partial charge in [0, 0.05) is 18.2 Å². The second kappa shape index (κ2) is 3.66. The predicted molar refractivity (Wildman–Crippen MR) is 50.0 cm³/mol. The molecule has 0 aromatic carbocycles. The Labute approximate surface area is 76.7 Å². The highest BCUT2D eigenvalue weighted by Crippen LogP contribution is 2.27. The molecule has 4 heteroatoms. The summed E-state index contributed by atoms with van der Waals surface area (Å²) in [7, 11) is 0. The van der Waals surface area contributed by atoms with Gasteiger partial charge in [-0.25, -0.2) is 0 Å². The van der Waals surface area contributed by atoms with Crippen molar-refractivity contribution in [3.8, 4) is 0 Å². The van der Waals surface area contributed by atoms with Gasteiger partial charge in [-0.2, -0.15) is 0 Å². The van der Waals surface area contributed by atoms with Gasteiger partial charge in [-0.15, -0.1) is 11.8 Å². The summed E-state index contributed by atoms with van der Waals surface area (Å²) in [5, 5.41) is 6.12. The molecular formula is C8H14N2OS. The number of carbonyl (C=O) groups is 1. The van der Waals surface area contributed by atoms with E-state index < -0.39 is 0 Å². The van der Waals surface area contributed by atoms with Crippen LogP contribution in [0.1, 0.15) is 12.8 Å². The molecule has 2 aliphatic rings. The lowest BCUT2D eigenvalue weighted by molar-refractivity contribution is -0.122. The molecular weight excluding hydrogens is 172 g/mol. The number of amides is 1. The molecule has 1 saturated carbocycles. The number of thioether (sulfide) groups is 1. The normalized spacial score (nSPS) is 28.8. The molecule has 0 radical (unpaired) electrons. The summed E-state index contributed by atoms with van der Waals surface area (Å²) < 4.78 is 0. The van der Waals surface area contributed by atoms with E-state index in [1.165, 1.54) is 12.8 Å². The van der Waals surface area contributed by atoms with Crippen LogP contribution in [0.25, 0.3) is 0 Å². The highest BCUT2D eigenvalue weighted by atomic mass is 32.2. The first-order valence-electron chi connectivity index (χ1n) is 4.45. The molecule has 1 aliphatic heterocycles. The average Bonchev–Trinajstić information content (AvgIpc) is 2.74. The molecule has 2 N–H and O–H groups in total. The smallest absolute Gasteiger partial charge is 0.238 e. The van der Waals surface area contributed by atoms with E-state index in [1.807, 2.05) is 0 Å². The van der Waals surface area contributed by atoms with Gasteiger partial charge < -0.3 is 5.32 Å². The van der Waals surface area contributed by atoms with E-state index in [0.29, 0.717) is 0 Å². The fourth-order valence-electron chi connectivity index (χ4n) is 1.25. The second-order valence-corrected chi connectivity index (χ2v) is 4.49. The topological polar surface area (TPSA) is 41.1 Å². The van der Waals surface area contributed by atoms with Crippen molar-refractivity contribution < 1.29 is 4.79 Å². The Kier molecular flexibility index (Phi) is 2.56. The summed E-state index contributed by atoms with van der Waals surface area (Å²) in [5.74, 6) is 2.81. The first kappa shape index (κ1) is 8.38. The maximum absolute atomic E-state index is 11.4. The van der Waals surface area contributed by atoms with Crippen LogP contribution in [0.4, 0.5) is 0 Å². The van der Waals surface area contributed by atoms with Crippen LogP contribution in [-0.2, 0) is 4.79 Å². The van der Waals surface area contributed by atoms with Crippen molar-refractivity contribution >= 4 is 17.7 Å². The van der Waals surface area contributed by atoms with Gasteiger partial charge >= 0.3 is 0 Å². The molecule has 1 aliphatic carbocycles. The van der Waals surface area contributed by atoms with Crippen molar-refractivity contribution in [3.63, 3.8) is 0 Å². The Balaban J connectivity index is 1.67. The van der Waals surface area contributed by atoms with Crippen molar-refractivity contribution in [2.75, 3.05) is 18.2 Å². The van der Waals surface area contributed by atoms with Gasteiger partial charge in [-0.1, -0.05) is 0 Å². The minimum atomic E-state index is 0.0637. The lowest BCUT2D eigenvalue weighted by Crippen LogP contribution is -2.42. The van der Waals surface area contributed by atoms with E-state index >= 15 is 0 Å². The maximum atomic E-state index is 11.4. The minimum absolute atomic E-state index is 0.0637. The molecule has 1 amide bonds. The predicted octanol–water partition coefficient (Wildman–Crippen LogP) is 0.175. The molecule has 0 aromatic rings. The molecule has 1 atom stereocenters. The summed E-state index contributed by atoms with van der Waals surface area (Å²) in [6.07, 6.45) is 2.60. The third-order valence-corrected chi connectivity index (χ3v) is 3.23. The van der Waals surface area contributed by atoms with Crippen molar-refractivity contribution in [3.05, 3.63) is 0 Å². The highest BCUT2D eigenvalue weighted by molar-refractivity contribution is 7.99. The van der Waals surface area contributed by atoms with E-state index in [2.05, 4.69) is 10.6 Å². The second-order valence-electron chi connectivity index (χ2n) is 3.46. The standard InChI is InChI=1S/C8H14N2OS/c11-8(7-4-12-5-10-7)9-3-6-1-2-6/h6-7,10H,1-5H2,(H,9,11). The monoisotopic (exact) mass is 186 g/mol. The molecule has 2 rings (SSSR count). The van der Waals surface area contributed by atoms with E-state index in [0.717, 1.165) is 24.1 Å². The molecule has 1 unspecified atom stereocenters. The van der Waals surface area contributed by atoms with Crippen molar-refractivity contribution in [1.29, 1.82) is 0 Å². The molecule has 2 fully saturated rings. The fraction of sp³-hybridized carbons (Fsp3) is 0.875. The minimum Gasteiger partial charge on any atom is -0.354 e. The quantitative estimate of drug-likeness (QED) is 0.660. The van der Waals surface area contributed by atoms with E-state index in [9.17, 15) is 4.79 Å². The van der Waals surface area contributed by atoms with Crippen LogP contribution in [0.3, 0.4) is 0 Å². The zero-order valence-electron chi connectivity index (χ0n) is 7.01. The average molecular weight is 186 g/mol. The number of hydrogen-bond donors (Lipinski definition) is 2. The van der Waals surface area contributed by atoms with Crippen LogP contribution in [-0.4, -0.2) is 30.1 Å². The molecule has 12 heavy (non-hydrogen) atoms.